The van der Waals surface area contributed by atoms with Gasteiger partial charge >= 0.3 is 0 Å². The molecule has 3 aliphatic rings. The highest BCUT2D eigenvalue weighted by Crippen LogP contribution is 2.46. The highest BCUT2D eigenvalue weighted by molar-refractivity contribution is 5.92. The van der Waals surface area contributed by atoms with E-state index in [9.17, 15) is 4.79 Å². The number of hydrogen-bond acceptors (Lipinski definition) is 4. The second-order valence-corrected chi connectivity index (χ2v) is 6.90. The Morgan fingerprint density at radius 1 is 1.19 bits per heavy atom. The molecule has 114 valence electrons. The van der Waals surface area contributed by atoms with Crippen LogP contribution in [0.2, 0.25) is 0 Å². The summed E-state index contributed by atoms with van der Waals surface area (Å²) in [4.78, 5) is 14.5. The molecule has 0 unspecified atom stereocenters. The number of carbonyl (C=O) groups is 1. The number of aromatic nitrogens is 3. The van der Waals surface area contributed by atoms with Gasteiger partial charge in [-0.2, -0.15) is 0 Å². The normalized spacial score (nSPS) is 25.2. The molecule has 6 nitrogen and oxygen atoms in total. The van der Waals surface area contributed by atoms with Crippen molar-refractivity contribution in [2.24, 2.45) is 5.41 Å². The third kappa shape index (κ3) is 2.35. The van der Waals surface area contributed by atoms with Crippen molar-refractivity contribution in [1.82, 2.24) is 25.2 Å². The van der Waals surface area contributed by atoms with E-state index in [1.165, 1.54) is 38.5 Å². The zero-order valence-corrected chi connectivity index (χ0v) is 12.4. The van der Waals surface area contributed by atoms with E-state index in [1.807, 2.05) is 15.8 Å². The minimum atomic E-state index is 0.0568. The fourth-order valence-electron chi connectivity index (χ4n) is 3.98. The van der Waals surface area contributed by atoms with E-state index in [0.717, 1.165) is 26.2 Å². The highest BCUT2D eigenvalue weighted by atomic mass is 16.2. The van der Waals surface area contributed by atoms with Gasteiger partial charge in [0.2, 0.25) is 0 Å². The first-order valence-corrected chi connectivity index (χ1v) is 8.18. The molecule has 1 spiro atoms. The zero-order chi connectivity index (χ0) is 14.3. The van der Waals surface area contributed by atoms with Gasteiger partial charge in [0.25, 0.3) is 5.91 Å². The van der Waals surface area contributed by atoms with Crippen molar-refractivity contribution >= 4 is 5.91 Å². The van der Waals surface area contributed by atoms with Crippen LogP contribution in [0.1, 0.15) is 55.1 Å². The quantitative estimate of drug-likeness (QED) is 0.889. The van der Waals surface area contributed by atoms with Crippen LogP contribution < -0.4 is 5.32 Å². The first kappa shape index (κ1) is 13.2. The molecular formula is C15H23N5O. The number of amides is 1. The molecule has 1 amide bonds. The van der Waals surface area contributed by atoms with E-state index >= 15 is 0 Å². The van der Waals surface area contributed by atoms with Crippen molar-refractivity contribution in [3.63, 3.8) is 0 Å². The molecule has 0 atom stereocenters. The largest absolute Gasteiger partial charge is 0.337 e. The standard InChI is InChI=1S/C15H23N5O/c21-14(13-11-20(18-17-13)12-9-16-10-12)19-7-5-15(6-8-19)3-1-2-4-15/h11-12,16H,1-10H2. The van der Waals surface area contributed by atoms with Gasteiger partial charge in [-0.05, 0) is 31.1 Å². The molecule has 0 bridgehead atoms. The molecule has 3 fully saturated rings. The average molecular weight is 289 g/mol. The van der Waals surface area contributed by atoms with Crippen molar-refractivity contribution in [3.05, 3.63) is 11.9 Å². The Kier molecular flexibility index (Phi) is 3.21. The van der Waals surface area contributed by atoms with Gasteiger partial charge in [-0.15, -0.1) is 5.10 Å². The summed E-state index contributed by atoms with van der Waals surface area (Å²) < 4.78 is 1.83. The van der Waals surface area contributed by atoms with E-state index in [0.29, 0.717) is 17.2 Å². The monoisotopic (exact) mass is 289 g/mol. The molecule has 0 radical (unpaired) electrons. The summed E-state index contributed by atoms with van der Waals surface area (Å²) >= 11 is 0. The van der Waals surface area contributed by atoms with Crippen LogP contribution >= 0.6 is 0 Å². The molecule has 1 N–H and O–H groups in total. The van der Waals surface area contributed by atoms with Crippen LogP contribution in [0.4, 0.5) is 0 Å². The minimum Gasteiger partial charge on any atom is -0.337 e. The van der Waals surface area contributed by atoms with Crippen molar-refractivity contribution in [1.29, 1.82) is 0 Å². The molecule has 21 heavy (non-hydrogen) atoms. The number of nitrogens with one attached hydrogen (secondary N) is 1. The fourth-order valence-corrected chi connectivity index (χ4v) is 3.98. The van der Waals surface area contributed by atoms with Crippen molar-refractivity contribution in [2.45, 2.75) is 44.6 Å². The van der Waals surface area contributed by atoms with Gasteiger partial charge in [0.1, 0.15) is 0 Å². The van der Waals surface area contributed by atoms with E-state index in [1.54, 1.807) is 0 Å². The van der Waals surface area contributed by atoms with Gasteiger partial charge in [-0.25, -0.2) is 4.68 Å². The predicted molar refractivity (Wildman–Crippen MR) is 78.0 cm³/mol. The van der Waals surface area contributed by atoms with Crippen LogP contribution in [0.25, 0.3) is 0 Å². The maximum Gasteiger partial charge on any atom is 0.276 e. The summed E-state index contributed by atoms with van der Waals surface area (Å²) in [7, 11) is 0. The van der Waals surface area contributed by atoms with E-state index in [-0.39, 0.29) is 5.91 Å². The second-order valence-electron chi connectivity index (χ2n) is 6.90. The third-order valence-corrected chi connectivity index (χ3v) is 5.64. The maximum absolute atomic E-state index is 12.5. The molecule has 6 heteroatoms. The van der Waals surface area contributed by atoms with Crippen LogP contribution in [0.3, 0.4) is 0 Å². The lowest BCUT2D eigenvalue weighted by atomic mass is 9.77. The first-order chi connectivity index (χ1) is 10.3. The minimum absolute atomic E-state index is 0.0568. The van der Waals surface area contributed by atoms with E-state index in [2.05, 4.69) is 15.6 Å². The third-order valence-electron chi connectivity index (χ3n) is 5.64. The molecule has 1 saturated carbocycles. The molecular weight excluding hydrogens is 266 g/mol. The Labute approximate surface area is 124 Å². The Morgan fingerprint density at radius 2 is 1.90 bits per heavy atom. The summed E-state index contributed by atoms with van der Waals surface area (Å²) in [5.41, 5.74) is 1.05. The summed E-state index contributed by atoms with van der Waals surface area (Å²) in [5.74, 6) is 0.0568. The lowest BCUT2D eigenvalue weighted by Crippen LogP contribution is -2.43. The summed E-state index contributed by atoms with van der Waals surface area (Å²) in [6.45, 7) is 3.61. The molecule has 4 rings (SSSR count). The van der Waals surface area contributed by atoms with Crippen molar-refractivity contribution in [3.8, 4) is 0 Å². The molecule has 2 aliphatic heterocycles. The number of rotatable bonds is 2. The summed E-state index contributed by atoms with van der Waals surface area (Å²) in [5, 5.41) is 11.4. The van der Waals surface area contributed by atoms with Gasteiger partial charge in [-0.3, -0.25) is 4.79 Å². The number of likely N-dealkylation sites (tertiary alicyclic amines) is 1. The molecule has 3 heterocycles. The number of hydrogen-bond donors (Lipinski definition) is 1. The number of nitrogens with zero attached hydrogens (tertiary/aromatic N) is 4. The van der Waals surface area contributed by atoms with E-state index < -0.39 is 0 Å². The zero-order valence-electron chi connectivity index (χ0n) is 12.4. The Morgan fingerprint density at radius 3 is 2.52 bits per heavy atom. The van der Waals surface area contributed by atoms with Gasteiger partial charge in [0, 0.05) is 26.2 Å². The molecule has 0 aromatic carbocycles. The van der Waals surface area contributed by atoms with Crippen LogP contribution in [0.15, 0.2) is 6.20 Å². The Balaban J connectivity index is 1.40. The molecule has 1 aromatic heterocycles. The van der Waals surface area contributed by atoms with E-state index in [4.69, 9.17) is 0 Å². The fraction of sp³-hybridized carbons (Fsp3) is 0.800. The lowest BCUT2D eigenvalue weighted by Gasteiger charge is -2.39. The second kappa shape index (κ2) is 5.09. The van der Waals surface area contributed by atoms with Gasteiger partial charge < -0.3 is 10.2 Å². The van der Waals surface area contributed by atoms with Crippen LogP contribution in [0.5, 0.6) is 0 Å². The number of carbonyl (C=O) groups excluding carboxylic acids is 1. The topological polar surface area (TPSA) is 63.1 Å². The van der Waals surface area contributed by atoms with Crippen LogP contribution in [-0.4, -0.2) is 52.0 Å². The first-order valence-electron chi connectivity index (χ1n) is 8.18. The van der Waals surface area contributed by atoms with Crippen molar-refractivity contribution < 1.29 is 4.79 Å². The molecule has 1 aromatic rings. The SMILES string of the molecule is O=C(c1cn(C2CNC2)nn1)N1CCC2(CCCC2)CC1. The summed E-state index contributed by atoms with van der Waals surface area (Å²) in [6.07, 6.45) is 9.61. The van der Waals surface area contributed by atoms with Gasteiger partial charge in [-0.1, -0.05) is 18.1 Å². The Hall–Kier alpha value is -1.43. The smallest absolute Gasteiger partial charge is 0.276 e. The number of piperidine rings is 1. The lowest BCUT2D eigenvalue weighted by molar-refractivity contribution is 0.0581. The predicted octanol–water partition coefficient (Wildman–Crippen LogP) is 1.22. The van der Waals surface area contributed by atoms with Crippen LogP contribution in [-0.2, 0) is 0 Å². The molecule has 2 saturated heterocycles. The van der Waals surface area contributed by atoms with Crippen LogP contribution in [0, 0.1) is 5.41 Å². The van der Waals surface area contributed by atoms with Crippen molar-refractivity contribution in [2.75, 3.05) is 26.2 Å². The maximum atomic E-state index is 12.5. The highest BCUT2D eigenvalue weighted by Gasteiger charge is 2.38. The van der Waals surface area contributed by atoms with Gasteiger partial charge in [0.05, 0.1) is 12.2 Å². The average Bonchev–Trinajstić information content (AvgIpc) is 3.08. The Bertz CT molecular complexity index is 520. The molecule has 1 aliphatic carbocycles. The van der Waals surface area contributed by atoms with Gasteiger partial charge in [0.15, 0.2) is 5.69 Å². The summed E-state index contributed by atoms with van der Waals surface area (Å²) in [6, 6.07) is 0.363.